The Morgan fingerprint density at radius 2 is 2.00 bits per heavy atom. The van der Waals surface area contributed by atoms with E-state index in [1.54, 1.807) is 18.2 Å². The standard InChI is InChI=1S/C11H13ClN2O/c12-8-3-4-10(13)9(7-8)11(15)14-5-1-2-6-14/h3-4,7H,1-2,5-6,13H2. The average molecular weight is 225 g/mol. The molecule has 0 unspecified atom stereocenters. The summed E-state index contributed by atoms with van der Waals surface area (Å²) in [5.41, 5.74) is 6.77. The highest BCUT2D eigenvalue weighted by molar-refractivity contribution is 6.31. The Morgan fingerprint density at radius 1 is 1.33 bits per heavy atom. The van der Waals surface area contributed by atoms with Crippen LogP contribution in [-0.4, -0.2) is 23.9 Å². The van der Waals surface area contributed by atoms with Crippen molar-refractivity contribution in [3.63, 3.8) is 0 Å². The first-order valence-corrected chi connectivity index (χ1v) is 5.40. The van der Waals surface area contributed by atoms with Crippen molar-refractivity contribution >= 4 is 23.2 Å². The molecule has 2 N–H and O–H groups in total. The SMILES string of the molecule is Nc1ccc(Cl)cc1C(=O)N1CCCC1. The molecule has 0 spiro atoms. The van der Waals surface area contributed by atoms with E-state index in [0.29, 0.717) is 16.3 Å². The van der Waals surface area contributed by atoms with E-state index in [1.807, 2.05) is 4.90 Å². The lowest BCUT2D eigenvalue weighted by atomic mass is 10.1. The summed E-state index contributed by atoms with van der Waals surface area (Å²) in [4.78, 5) is 13.8. The topological polar surface area (TPSA) is 46.3 Å². The van der Waals surface area contributed by atoms with E-state index in [2.05, 4.69) is 0 Å². The number of carbonyl (C=O) groups is 1. The van der Waals surface area contributed by atoms with Gasteiger partial charge in [-0.25, -0.2) is 0 Å². The molecular formula is C11H13ClN2O. The van der Waals surface area contributed by atoms with Gasteiger partial charge in [0, 0.05) is 23.8 Å². The van der Waals surface area contributed by atoms with Crippen LogP contribution in [0.4, 0.5) is 5.69 Å². The smallest absolute Gasteiger partial charge is 0.255 e. The van der Waals surface area contributed by atoms with Crippen LogP contribution in [0.1, 0.15) is 23.2 Å². The molecule has 0 aliphatic carbocycles. The predicted molar refractivity (Wildman–Crippen MR) is 61.0 cm³/mol. The van der Waals surface area contributed by atoms with E-state index in [4.69, 9.17) is 17.3 Å². The molecule has 1 fully saturated rings. The minimum Gasteiger partial charge on any atom is -0.398 e. The number of nitrogen functional groups attached to an aromatic ring is 1. The van der Waals surface area contributed by atoms with Crippen molar-refractivity contribution in [3.8, 4) is 0 Å². The molecule has 4 heteroatoms. The van der Waals surface area contributed by atoms with Gasteiger partial charge in [0.15, 0.2) is 0 Å². The van der Waals surface area contributed by atoms with Crippen LogP contribution < -0.4 is 5.73 Å². The molecule has 0 radical (unpaired) electrons. The average Bonchev–Trinajstić information content (AvgIpc) is 2.74. The van der Waals surface area contributed by atoms with Gasteiger partial charge in [-0.3, -0.25) is 4.79 Å². The number of carbonyl (C=O) groups excluding carboxylic acids is 1. The van der Waals surface area contributed by atoms with Crippen LogP contribution in [0.2, 0.25) is 5.02 Å². The summed E-state index contributed by atoms with van der Waals surface area (Å²) in [6, 6.07) is 5.00. The molecule has 1 saturated heterocycles. The Kier molecular flexibility index (Phi) is 2.82. The summed E-state index contributed by atoms with van der Waals surface area (Å²) >= 11 is 5.84. The second-order valence-electron chi connectivity index (χ2n) is 3.73. The molecule has 1 amide bonds. The van der Waals surface area contributed by atoms with Crippen molar-refractivity contribution in [3.05, 3.63) is 28.8 Å². The summed E-state index contributed by atoms with van der Waals surface area (Å²) in [5.74, 6) is -0.00694. The molecule has 0 saturated carbocycles. The summed E-state index contributed by atoms with van der Waals surface area (Å²) in [5, 5.41) is 0.548. The van der Waals surface area contributed by atoms with Crippen molar-refractivity contribution in [1.82, 2.24) is 4.90 Å². The van der Waals surface area contributed by atoms with E-state index >= 15 is 0 Å². The van der Waals surface area contributed by atoms with Gasteiger partial charge < -0.3 is 10.6 Å². The highest BCUT2D eigenvalue weighted by Gasteiger charge is 2.21. The van der Waals surface area contributed by atoms with Crippen LogP contribution >= 0.6 is 11.6 Å². The molecule has 80 valence electrons. The fourth-order valence-corrected chi connectivity index (χ4v) is 1.98. The summed E-state index contributed by atoms with van der Waals surface area (Å²) in [6.07, 6.45) is 2.15. The molecule has 0 aromatic heterocycles. The van der Waals surface area contributed by atoms with Gasteiger partial charge in [-0.2, -0.15) is 0 Å². The van der Waals surface area contributed by atoms with Gasteiger partial charge in [0.1, 0.15) is 0 Å². The minimum atomic E-state index is -0.00694. The van der Waals surface area contributed by atoms with Gasteiger partial charge in [-0.05, 0) is 31.0 Å². The predicted octanol–water partition coefficient (Wildman–Crippen LogP) is 2.16. The Hall–Kier alpha value is -1.22. The summed E-state index contributed by atoms with van der Waals surface area (Å²) < 4.78 is 0. The van der Waals surface area contributed by atoms with Crippen molar-refractivity contribution in [2.24, 2.45) is 0 Å². The first-order chi connectivity index (χ1) is 7.18. The van der Waals surface area contributed by atoms with E-state index in [9.17, 15) is 4.79 Å². The van der Waals surface area contributed by atoms with E-state index < -0.39 is 0 Å². The number of hydrogen-bond acceptors (Lipinski definition) is 2. The normalized spacial score (nSPS) is 15.7. The Labute approximate surface area is 93.8 Å². The lowest BCUT2D eigenvalue weighted by Gasteiger charge is -2.16. The van der Waals surface area contributed by atoms with Crippen molar-refractivity contribution in [2.75, 3.05) is 18.8 Å². The maximum Gasteiger partial charge on any atom is 0.255 e. The number of likely N-dealkylation sites (tertiary alicyclic amines) is 1. The van der Waals surface area contributed by atoms with E-state index in [-0.39, 0.29) is 5.91 Å². The highest BCUT2D eigenvalue weighted by Crippen LogP contribution is 2.21. The van der Waals surface area contributed by atoms with Crippen molar-refractivity contribution in [2.45, 2.75) is 12.8 Å². The minimum absolute atomic E-state index is 0.00694. The quantitative estimate of drug-likeness (QED) is 0.743. The van der Waals surface area contributed by atoms with Gasteiger partial charge in [-0.15, -0.1) is 0 Å². The summed E-state index contributed by atoms with van der Waals surface area (Å²) in [6.45, 7) is 1.65. The first-order valence-electron chi connectivity index (χ1n) is 5.03. The fraction of sp³-hybridized carbons (Fsp3) is 0.364. The zero-order valence-corrected chi connectivity index (χ0v) is 9.13. The first kappa shape index (κ1) is 10.3. The monoisotopic (exact) mass is 224 g/mol. The molecule has 1 heterocycles. The third-order valence-electron chi connectivity index (χ3n) is 2.64. The molecule has 15 heavy (non-hydrogen) atoms. The molecule has 2 rings (SSSR count). The van der Waals surface area contributed by atoms with Gasteiger partial charge in [0.2, 0.25) is 0 Å². The fourth-order valence-electron chi connectivity index (χ4n) is 1.80. The number of amides is 1. The van der Waals surface area contributed by atoms with E-state index in [0.717, 1.165) is 25.9 Å². The number of rotatable bonds is 1. The van der Waals surface area contributed by atoms with Crippen LogP contribution in [0, 0.1) is 0 Å². The van der Waals surface area contributed by atoms with Gasteiger partial charge in [0.05, 0.1) is 5.56 Å². The van der Waals surface area contributed by atoms with Crippen LogP contribution in [0.25, 0.3) is 0 Å². The van der Waals surface area contributed by atoms with Gasteiger partial charge >= 0.3 is 0 Å². The molecule has 1 aliphatic rings. The number of hydrogen-bond donors (Lipinski definition) is 1. The Bertz CT molecular complexity index is 386. The number of anilines is 1. The molecule has 0 bridgehead atoms. The van der Waals surface area contributed by atoms with Crippen LogP contribution in [0.3, 0.4) is 0 Å². The van der Waals surface area contributed by atoms with E-state index in [1.165, 1.54) is 0 Å². The largest absolute Gasteiger partial charge is 0.398 e. The molecule has 1 aliphatic heterocycles. The molecule has 0 atom stereocenters. The molecule has 3 nitrogen and oxygen atoms in total. The lowest BCUT2D eigenvalue weighted by molar-refractivity contribution is 0.0794. The zero-order chi connectivity index (χ0) is 10.8. The molecule has 1 aromatic rings. The number of halogens is 1. The van der Waals surface area contributed by atoms with Gasteiger partial charge in [0.25, 0.3) is 5.91 Å². The Balaban J connectivity index is 2.27. The van der Waals surface area contributed by atoms with Crippen molar-refractivity contribution in [1.29, 1.82) is 0 Å². The zero-order valence-electron chi connectivity index (χ0n) is 8.37. The van der Waals surface area contributed by atoms with Crippen molar-refractivity contribution < 1.29 is 4.79 Å². The molecule has 1 aromatic carbocycles. The maximum atomic E-state index is 12.0. The lowest BCUT2D eigenvalue weighted by Crippen LogP contribution is -2.28. The second kappa shape index (κ2) is 4.11. The second-order valence-corrected chi connectivity index (χ2v) is 4.17. The molecular weight excluding hydrogens is 212 g/mol. The maximum absolute atomic E-state index is 12.0. The third-order valence-corrected chi connectivity index (χ3v) is 2.87. The number of nitrogens with zero attached hydrogens (tertiary/aromatic N) is 1. The van der Waals surface area contributed by atoms with Crippen LogP contribution in [-0.2, 0) is 0 Å². The number of benzene rings is 1. The van der Waals surface area contributed by atoms with Crippen LogP contribution in [0.5, 0.6) is 0 Å². The van der Waals surface area contributed by atoms with Gasteiger partial charge in [-0.1, -0.05) is 11.6 Å². The Morgan fingerprint density at radius 3 is 2.67 bits per heavy atom. The summed E-state index contributed by atoms with van der Waals surface area (Å²) in [7, 11) is 0. The number of nitrogens with two attached hydrogens (primary N) is 1. The highest BCUT2D eigenvalue weighted by atomic mass is 35.5. The van der Waals surface area contributed by atoms with Crippen LogP contribution in [0.15, 0.2) is 18.2 Å². The third kappa shape index (κ3) is 2.07.